The number of hydrogen-bond acceptors (Lipinski definition) is 6. The van der Waals surface area contributed by atoms with Gasteiger partial charge in [-0.15, -0.1) is 0 Å². The van der Waals surface area contributed by atoms with Crippen molar-refractivity contribution in [2.45, 2.75) is 51.9 Å². The molecule has 180 valence electrons. The fraction of sp³-hybridized carbons (Fsp3) is 0.357. The van der Waals surface area contributed by atoms with Crippen molar-refractivity contribution >= 4 is 17.5 Å². The molecule has 1 aliphatic carbocycles. The van der Waals surface area contributed by atoms with Crippen molar-refractivity contribution in [1.82, 2.24) is 0 Å². The van der Waals surface area contributed by atoms with E-state index in [1.54, 1.807) is 27.7 Å². The summed E-state index contributed by atoms with van der Waals surface area (Å²) in [6.07, 6.45) is 5.28. The molecule has 1 unspecified atom stereocenters. The van der Waals surface area contributed by atoms with Crippen LogP contribution in [-0.4, -0.2) is 37.4 Å². The van der Waals surface area contributed by atoms with E-state index in [0.717, 1.165) is 16.7 Å². The molecule has 6 nitrogen and oxygen atoms in total. The lowest BCUT2D eigenvalue weighted by atomic mass is 9.83. The van der Waals surface area contributed by atoms with Gasteiger partial charge in [-0.2, -0.15) is 0 Å². The summed E-state index contributed by atoms with van der Waals surface area (Å²) in [5, 5.41) is 0. The van der Waals surface area contributed by atoms with Crippen LogP contribution in [0.1, 0.15) is 45.2 Å². The third-order valence-electron chi connectivity index (χ3n) is 5.54. The largest absolute Gasteiger partial charge is 0.479 e. The number of hydrogen-bond donors (Lipinski definition) is 0. The molecule has 0 aromatic heterocycles. The summed E-state index contributed by atoms with van der Waals surface area (Å²) in [6.45, 7) is 7.55. The number of esters is 2. The molecular weight excluding hydrogens is 432 g/mol. The number of carbonyl (C=O) groups excluding carboxylic acids is 2. The lowest BCUT2D eigenvalue weighted by Crippen LogP contribution is -2.36. The Morgan fingerprint density at radius 1 is 0.882 bits per heavy atom. The van der Waals surface area contributed by atoms with E-state index in [1.807, 2.05) is 66.7 Å². The van der Waals surface area contributed by atoms with Crippen molar-refractivity contribution in [2.75, 3.05) is 13.2 Å². The lowest BCUT2D eigenvalue weighted by Gasteiger charge is -2.35. The maximum absolute atomic E-state index is 12.2. The van der Waals surface area contributed by atoms with E-state index in [4.69, 9.17) is 18.9 Å². The minimum Gasteiger partial charge on any atom is -0.479 e. The Morgan fingerprint density at radius 2 is 1.50 bits per heavy atom. The van der Waals surface area contributed by atoms with Gasteiger partial charge in [0.05, 0.1) is 13.2 Å². The highest BCUT2D eigenvalue weighted by atomic mass is 16.6. The van der Waals surface area contributed by atoms with E-state index in [0.29, 0.717) is 25.4 Å². The molecule has 0 saturated carbocycles. The number of allylic oxidation sites excluding steroid dienone is 2. The normalized spacial score (nSPS) is 19.0. The maximum Gasteiger partial charge on any atom is 0.347 e. The number of carbonyl (C=O) groups is 2. The molecule has 3 atom stereocenters. The molecular formula is C28H32O6. The van der Waals surface area contributed by atoms with Gasteiger partial charge in [0.2, 0.25) is 0 Å². The first-order chi connectivity index (χ1) is 16.4. The van der Waals surface area contributed by atoms with Crippen molar-refractivity contribution in [3.8, 4) is 5.75 Å². The molecule has 2 aromatic rings. The third-order valence-corrected chi connectivity index (χ3v) is 5.54. The van der Waals surface area contributed by atoms with Crippen LogP contribution >= 0.6 is 0 Å². The zero-order valence-electron chi connectivity index (χ0n) is 20.2. The zero-order chi connectivity index (χ0) is 24.6. The second kappa shape index (κ2) is 11.7. The van der Waals surface area contributed by atoms with E-state index in [-0.39, 0.29) is 5.97 Å². The van der Waals surface area contributed by atoms with E-state index in [2.05, 4.69) is 6.08 Å². The molecule has 2 aromatic carbocycles. The van der Waals surface area contributed by atoms with Gasteiger partial charge < -0.3 is 18.9 Å². The molecule has 0 saturated heterocycles. The summed E-state index contributed by atoms with van der Waals surface area (Å²) in [6, 6.07) is 17.4. The van der Waals surface area contributed by atoms with E-state index in [9.17, 15) is 9.59 Å². The second-order valence-corrected chi connectivity index (χ2v) is 8.00. The molecule has 0 aliphatic heterocycles. The Bertz CT molecular complexity index is 1020. The predicted molar refractivity (Wildman–Crippen MR) is 130 cm³/mol. The fourth-order valence-electron chi connectivity index (χ4n) is 3.79. The second-order valence-electron chi connectivity index (χ2n) is 8.00. The SMILES string of the molecule is CCOC(=O)[C@H](C)Oc1ccc(C2=CCC(O[C@@H](C)C(=O)OCC)(c3ccccc3)C=C2)cc1. The van der Waals surface area contributed by atoms with E-state index in [1.165, 1.54) is 0 Å². The van der Waals surface area contributed by atoms with Crippen molar-refractivity contribution < 1.29 is 28.5 Å². The zero-order valence-corrected chi connectivity index (χ0v) is 20.2. The van der Waals surface area contributed by atoms with Gasteiger partial charge in [-0.3, -0.25) is 0 Å². The molecule has 0 bridgehead atoms. The molecule has 0 N–H and O–H groups in total. The molecule has 0 radical (unpaired) electrons. The van der Waals surface area contributed by atoms with Crippen LogP contribution in [0.3, 0.4) is 0 Å². The standard InChI is InChI=1S/C28H32O6/c1-5-31-26(29)20(3)33-25-14-12-22(13-15-25)23-16-18-28(19-17-23,24-10-8-7-9-11-24)34-21(4)27(30)32-6-2/h7-18,20-21H,5-6,19H2,1-4H3/t20-,21-,28?/m0/s1. The van der Waals surface area contributed by atoms with Gasteiger partial charge in [0.25, 0.3) is 0 Å². The number of rotatable bonds is 10. The van der Waals surface area contributed by atoms with Gasteiger partial charge in [-0.25, -0.2) is 9.59 Å². The highest BCUT2D eigenvalue weighted by Gasteiger charge is 2.35. The van der Waals surface area contributed by atoms with Gasteiger partial charge in [0.15, 0.2) is 12.2 Å². The van der Waals surface area contributed by atoms with Gasteiger partial charge in [0, 0.05) is 6.42 Å². The van der Waals surface area contributed by atoms with Crippen molar-refractivity contribution in [2.24, 2.45) is 0 Å². The third kappa shape index (κ3) is 6.14. The summed E-state index contributed by atoms with van der Waals surface area (Å²) in [7, 11) is 0. The monoisotopic (exact) mass is 464 g/mol. The van der Waals surface area contributed by atoms with Crippen molar-refractivity contribution in [3.05, 3.63) is 84.0 Å². The highest BCUT2D eigenvalue weighted by Crippen LogP contribution is 2.39. The first kappa shape index (κ1) is 25.2. The molecule has 34 heavy (non-hydrogen) atoms. The van der Waals surface area contributed by atoms with Gasteiger partial charge in [-0.05, 0) is 62.6 Å². The van der Waals surface area contributed by atoms with E-state index < -0.39 is 23.8 Å². The predicted octanol–water partition coefficient (Wildman–Crippen LogP) is 5.22. The lowest BCUT2D eigenvalue weighted by molar-refractivity contribution is -0.164. The van der Waals surface area contributed by atoms with Crippen LogP contribution in [0.15, 0.2) is 72.8 Å². The molecule has 0 fully saturated rings. The average molecular weight is 465 g/mol. The van der Waals surface area contributed by atoms with Gasteiger partial charge in [-0.1, -0.05) is 54.6 Å². The first-order valence-corrected chi connectivity index (χ1v) is 11.6. The van der Waals surface area contributed by atoms with Crippen molar-refractivity contribution in [1.29, 1.82) is 0 Å². The Morgan fingerprint density at radius 3 is 2.06 bits per heavy atom. The minimum atomic E-state index is -0.769. The van der Waals surface area contributed by atoms with Crippen LogP contribution in [0.5, 0.6) is 5.75 Å². The van der Waals surface area contributed by atoms with Crippen LogP contribution in [0.4, 0.5) is 0 Å². The van der Waals surface area contributed by atoms with Crippen LogP contribution in [0.2, 0.25) is 0 Å². The molecule has 1 aliphatic rings. The number of benzene rings is 2. The maximum atomic E-state index is 12.2. The molecule has 6 heteroatoms. The first-order valence-electron chi connectivity index (χ1n) is 11.6. The quantitative estimate of drug-likeness (QED) is 0.449. The molecule has 0 heterocycles. The van der Waals surface area contributed by atoms with Crippen LogP contribution in [0.25, 0.3) is 5.57 Å². The molecule has 3 rings (SSSR count). The van der Waals surface area contributed by atoms with E-state index >= 15 is 0 Å². The molecule has 0 spiro atoms. The number of ether oxygens (including phenoxy) is 4. The minimum absolute atomic E-state index is 0.309. The molecule has 0 amide bonds. The van der Waals surface area contributed by atoms with Gasteiger partial charge in [0.1, 0.15) is 11.4 Å². The topological polar surface area (TPSA) is 71.1 Å². The average Bonchev–Trinajstić information content (AvgIpc) is 2.86. The Balaban J connectivity index is 1.76. The highest BCUT2D eigenvalue weighted by molar-refractivity contribution is 5.77. The fourth-order valence-corrected chi connectivity index (χ4v) is 3.79. The van der Waals surface area contributed by atoms with Crippen LogP contribution in [0, 0.1) is 0 Å². The van der Waals surface area contributed by atoms with Gasteiger partial charge >= 0.3 is 11.9 Å². The van der Waals surface area contributed by atoms with Crippen LogP contribution < -0.4 is 4.74 Å². The summed E-state index contributed by atoms with van der Waals surface area (Å²) in [4.78, 5) is 24.0. The smallest absolute Gasteiger partial charge is 0.347 e. The summed E-state index contributed by atoms with van der Waals surface area (Å²) in [5.41, 5.74) is 2.24. The Kier molecular flexibility index (Phi) is 8.66. The summed E-state index contributed by atoms with van der Waals surface area (Å²) < 4.78 is 22.1. The summed E-state index contributed by atoms with van der Waals surface area (Å²) >= 11 is 0. The Hall–Kier alpha value is -3.38. The van der Waals surface area contributed by atoms with Crippen molar-refractivity contribution in [3.63, 3.8) is 0 Å². The van der Waals surface area contributed by atoms with Crippen LogP contribution in [-0.2, 0) is 29.4 Å². The summed E-state index contributed by atoms with van der Waals surface area (Å²) in [5.74, 6) is -0.178. The Labute approximate surface area is 201 Å².